The number of piperidine rings is 1. The van der Waals surface area contributed by atoms with Crippen molar-refractivity contribution in [3.8, 4) is 0 Å². The fourth-order valence-electron chi connectivity index (χ4n) is 5.18. The third-order valence-corrected chi connectivity index (χ3v) is 6.35. The first-order valence-corrected chi connectivity index (χ1v) is 8.84. The van der Waals surface area contributed by atoms with E-state index >= 15 is 0 Å². The van der Waals surface area contributed by atoms with Gasteiger partial charge in [0.15, 0.2) is 0 Å². The van der Waals surface area contributed by atoms with Crippen LogP contribution in [0.5, 0.6) is 0 Å². The summed E-state index contributed by atoms with van der Waals surface area (Å²) in [4.78, 5) is 0. The second kappa shape index (κ2) is 4.93. The van der Waals surface area contributed by atoms with Gasteiger partial charge in [-0.15, -0.1) is 0 Å². The summed E-state index contributed by atoms with van der Waals surface area (Å²) >= 11 is 0. The lowest BCUT2D eigenvalue weighted by atomic mass is 9.56. The summed E-state index contributed by atoms with van der Waals surface area (Å²) in [7, 11) is 0. The van der Waals surface area contributed by atoms with Crippen LogP contribution in [0.25, 0.3) is 0 Å². The average molecular weight is 305 g/mol. The maximum atomic E-state index is 6.59. The van der Waals surface area contributed by atoms with Gasteiger partial charge in [0.1, 0.15) is 0 Å². The molecule has 0 amide bonds. The first-order chi connectivity index (χ1) is 11.3. The van der Waals surface area contributed by atoms with E-state index in [9.17, 15) is 0 Å². The molecule has 23 heavy (non-hydrogen) atoms. The second-order valence-corrected chi connectivity index (χ2v) is 7.47. The minimum absolute atomic E-state index is 0.0285. The van der Waals surface area contributed by atoms with E-state index in [0.717, 1.165) is 13.0 Å². The van der Waals surface area contributed by atoms with Gasteiger partial charge in [-0.25, -0.2) is 0 Å². The molecule has 4 aliphatic rings. The van der Waals surface area contributed by atoms with E-state index < -0.39 is 0 Å². The zero-order valence-electron chi connectivity index (χ0n) is 13.4. The minimum Gasteiger partial charge on any atom is -0.372 e. The van der Waals surface area contributed by atoms with Crippen LogP contribution in [0, 0.1) is 0 Å². The van der Waals surface area contributed by atoms with Crippen molar-refractivity contribution in [3.05, 3.63) is 71.8 Å². The van der Waals surface area contributed by atoms with Gasteiger partial charge in [0.2, 0.25) is 0 Å². The van der Waals surface area contributed by atoms with Crippen LogP contribution in [0.4, 0.5) is 0 Å². The van der Waals surface area contributed by atoms with Gasteiger partial charge in [-0.05, 0) is 36.8 Å². The number of fused-ring (bicyclic) bond motifs is 1. The molecule has 3 saturated heterocycles. The topological polar surface area (TPSA) is 21.3 Å². The first kappa shape index (κ1) is 13.8. The Bertz CT molecular complexity index is 692. The predicted octanol–water partition coefficient (Wildman–Crippen LogP) is 3.98. The Labute approximate surface area is 137 Å². The molecule has 1 saturated carbocycles. The Balaban J connectivity index is 1.51. The molecule has 3 heterocycles. The quantitative estimate of drug-likeness (QED) is 0.906. The Hall–Kier alpha value is -1.64. The van der Waals surface area contributed by atoms with Crippen molar-refractivity contribution in [3.63, 3.8) is 0 Å². The van der Waals surface area contributed by atoms with E-state index in [2.05, 4.69) is 66.0 Å². The van der Waals surface area contributed by atoms with E-state index in [4.69, 9.17) is 4.74 Å². The Morgan fingerprint density at radius 1 is 0.913 bits per heavy atom. The van der Waals surface area contributed by atoms with Crippen molar-refractivity contribution in [2.75, 3.05) is 6.61 Å². The molecule has 118 valence electrons. The van der Waals surface area contributed by atoms with Crippen LogP contribution in [0.3, 0.4) is 0 Å². The zero-order chi connectivity index (χ0) is 15.3. The van der Waals surface area contributed by atoms with Crippen LogP contribution < -0.4 is 5.32 Å². The second-order valence-electron chi connectivity index (χ2n) is 7.47. The summed E-state index contributed by atoms with van der Waals surface area (Å²) < 4.78 is 6.59. The van der Waals surface area contributed by atoms with Gasteiger partial charge in [0.25, 0.3) is 0 Å². The Morgan fingerprint density at radius 3 is 2.35 bits per heavy atom. The third-order valence-electron chi connectivity index (χ3n) is 6.35. The van der Waals surface area contributed by atoms with Crippen LogP contribution in [0.15, 0.2) is 60.7 Å². The van der Waals surface area contributed by atoms with Gasteiger partial charge in [-0.3, -0.25) is 0 Å². The maximum absolute atomic E-state index is 6.59. The van der Waals surface area contributed by atoms with Crippen molar-refractivity contribution in [1.82, 2.24) is 5.32 Å². The molecule has 0 radical (unpaired) electrons. The molecule has 2 aromatic carbocycles. The number of hydrogen-bond donors (Lipinski definition) is 1. The molecule has 2 bridgehead atoms. The van der Waals surface area contributed by atoms with Crippen molar-refractivity contribution in [2.45, 2.75) is 48.8 Å². The molecule has 1 spiro atoms. The van der Waals surface area contributed by atoms with Gasteiger partial charge in [-0.1, -0.05) is 60.7 Å². The SMILES string of the molecule is c1ccc(C2COC3(CCC4CC3(c3ccccc3)N4)C2)cc1. The lowest BCUT2D eigenvalue weighted by Crippen LogP contribution is -2.75. The summed E-state index contributed by atoms with van der Waals surface area (Å²) in [5.41, 5.74) is 2.82. The van der Waals surface area contributed by atoms with Crippen LogP contribution in [-0.2, 0) is 10.3 Å². The summed E-state index contributed by atoms with van der Waals surface area (Å²) in [5.74, 6) is 0.524. The summed E-state index contributed by atoms with van der Waals surface area (Å²) in [5, 5.41) is 3.89. The zero-order valence-corrected chi connectivity index (χ0v) is 13.4. The van der Waals surface area contributed by atoms with Crippen molar-refractivity contribution < 1.29 is 4.74 Å². The monoisotopic (exact) mass is 305 g/mol. The van der Waals surface area contributed by atoms with E-state index in [1.54, 1.807) is 0 Å². The summed E-state index contributed by atoms with van der Waals surface area (Å²) in [6.45, 7) is 0.852. The fourth-order valence-corrected chi connectivity index (χ4v) is 5.18. The van der Waals surface area contributed by atoms with Crippen LogP contribution in [-0.4, -0.2) is 18.2 Å². The van der Waals surface area contributed by atoms with Crippen LogP contribution in [0.2, 0.25) is 0 Å². The normalized spacial score (nSPS) is 38.4. The van der Waals surface area contributed by atoms with Crippen LogP contribution >= 0.6 is 0 Å². The van der Waals surface area contributed by atoms with Gasteiger partial charge < -0.3 is 10.1 Å². The lowest BCUT2D eigenvalue weighted by Gasteiger charge is -2.63. The molecule has 2 aromatic rings. The van der Waals surface area contributed by atoms with Crippen molar-refractivity contribution >= 4 is 0 Å². The van der Waals surface area contributed by atoms with Gasteiger partial charge in [0.05, 0.1) is 17.7 Å². The molecule has 2 nitrogen and oxygen atoms in total. The van der Waals surface area contributed by atoms with E-state index in [-0.39, 0.29) is 11.1 Å². The molecule has 4 unspecified atom stereocenters. The molecule has 4 atom stereocenters. The van der Waals surface area contributed by atoms with E-state index in [1.807, 2.05) is 0 Å². The highest BCUT2D eigenvalue weighted by molar-refractivity contribution is 5.37. The van der Waals surface area contributed by atoms with Gasteiger partial charge in [0, 0.05) is 12.0 Å². The van der Waals surface area contributed by atoms with E-state index in [1.165, 1.54) is 30.4 Å². The van der Waals surface area contributed by atoms with Gasteiger partial charge >= 0.3 is 0 Å². The lowest BCUT2D eigenvalue weighted by molar-refractivity contribution is -0.157. The Kier molecular flexibility index (Phi) is 2.95. The number of benzene rings is 2. The highest BCUT2D eigenvalue weighted by Crippen LogP contribution is 2.59. The number of rotatable bonds is 2. The molecular formula is C21H23NO. The molecule has 4 fully saturated rings. The summed E-state index contributed by atoms with van der Waals surface area (Å²) in [6, 6.07) is 22.5. The summed E-state index contributed by atoms with van der Waals surface area (Å²) in [6.07, 6.45) is 4.78. The highest BCUT2D eigenvalue weighted by Gasteiger charge is 2.65. The molecule has 0 aromatic heterocycles. The molecule has 1 aliphatic carbocycles. The van der Waals surface area contributed by atoms with Gasteiger partial charge in [-0.2, -0.15) is 0 Å². The fraction of sp³-hybridized carbons (Fsp3) is 0.429. The predicted molar refractivity (Wildman–Crippen MR) is 91.4 cm³/mol. The van der Waals surface area contributed by atoms with Crippen molar-refractivity contribution in [1.29, 1.82) is 0 Å². The largest absolute Gasteiger partial charge is 0.372 e. The Morgan fingerprint density at radius 2 is 1.61 bits per heavy atom. The first-order valence-electron chi connectivity index (χ1n) is 8.84. The number of hydrogen-bond acceptors (Lipinski definition) is 2. The van der Waals surface area contributed by atoms with Crippen LogP contribution in [0.1, 0.15) is 42.7 Å². The number of ether oxygens (including phenoxy) is 1. The third kappa shape index (κ3) is 1.88. The smallest absolute Gasteiger partial charge is 0.0913 e. The molecule has 3 aliphatic heterocycles. The molecular weight excluding hydrogens is 282 g/mol. The van der Waals surface area contributed by atoms with E-state index in [0.29, 0.717) is 12.0 Å². The molecule has 2 heteroatoms. The average Bonchev–Trinajstić information content (AvgIpc) is 3.00. The number of nitrogens with one attached hydrogen (secondary N) is 1. The highest BCUT2D eigenvalue weighted by atomic mass is 16.5. The molecule has 1 N–H and O–H groups in total. The maximum Gasteiger partial charge on any atom is 0.0913 e. The standard InChI is InChI=1S/C21H23NO/c1-3-7-16(8-4-1)17-13-20(23-15-17)12-11-19-14-21(20,22-19)18-9-5-2-6-10-18/h1-10,17,19,22H,11-15H2. The van der Waals surface area contributed by atoms with Crippen molar-refractivity contribution in [2.24, 2.45) is 0 Å². The molecule has 6 rings (SSSR count). The minimum atomic E-state index is -0.0381.